The van der Waals surface area contributed by atoms with Gasteiger partial charge in [-0.1, -0.05) is 24.3 Å². The number of amides is 2. The number of para-hydroxylation sites is 1. The van der Waals surface area contributed by atoms with Crippen LogP contribution in [-0.2, 0) is 43.5 Å². The van der Waals surface area contributed by atoms with E-state index in [2.05, 4.69) is 40.1 Å². The maximum atomic E-state index is 13.1. The van der Waals surface area contributed by atoms with Gasteiger partial charge in [-0.05, 0) is 79.3 Å². The van der Waals surface area contributed by atoms with Gasteiger partial charge in [0.15, 0.2) is 5.25 Å². The summed E-state index contributed by atoms with van der Waals surface area (Å²) in [6.07, 6.45) is 7.25. The Labute approximate surface area is 181 Å². The average Bonchev–Trinajstić information content (AvgIpc) is 3.42. The monoisotopic (exact) mass is 423 g/mol. The summed E-state index contributed by atoms with van der Waals surface area (Å²) < 4.78 is 15.8. The van der Waals surface area contributed by atoms with Crippen molar-refractivity contribution >= 4 is 28.8 Å². The molecule has 2 aromatic carbocycles. The fourth-order valence-corrected chi connectivity index (χ4v) is 6.42. The average molecular weight is 424 g/mol. The molecule has 2 aromatic rings. The van der Waals surface area contributed by atoms with Gasteiger partial charge in [0.1, 0.15) is 0 Å². The van der Waals surface area contributed by atoms with Crippen molar-refractivity contribution in [1.82, 2.24) is 4.72 Å². The zero-order chi connectivity index (χ0) is 20.7. The quantitative estimate of drug-likeness (QED) is 0.733. The van der Waals surface area contributed by atoms with Gasteiger partial charge in [-0.15, -0.1) is 0 Å². The van der Waals surface area contributed by atoms with E-state index in [4.69, 9.17) is 0 Å². The van der Waals surface area contributed by atoms with Crippen LogP contribution in [0.5, 0.6) is 0 Å². The molecule has 0 saturated carbocycles. The number of nitrogens with zero attached hydrogens (tertiary/aromatic N) is 1. The Bertz CT molecular complexity index is 945. The number of carbonyl (C=O) groups is 1. The predicted molar refractivity (Wildman–Crippen MR) is 123 cm³/mol. The zero-order valence-corrected chi connectivity index (χ0v) is 18.3. The van der Waals surface area contributed by atoms with Crippen LogP contribution in [0.2, 0.25) is 0 Å². The van der Waals surface area contributed by atoms with Gasteiger partial charge in [0, 0.05) is 24.3 Å². The van der Waals surface area contributed by atoms with Gasteiger partial charge in [0.25, 0.3) is 0 Å². The lowest BCUT2D eigenvalue weighted by atomic mass is 9.99. The summed E-state index contributed by atoms with van der Waals surface area (Å²) in [6, 6.07) is 10.3. The summed E-state index contributed by atoms with van der Waals surface area (Å²) in [5.41, 5.74) is 8.76. The predicted octanol–water partition coefficient (Wildman–Crippen LogP) is 3.90. The Morgan fingerprint density at radius 1 is 1.10 bits per heavy atom. The number of hydrogen-bond donors (Lipinski definition) is 2. The number of nitrogens with one attached hydrogen (secondary N) is 2. The molecule has 5 rings (SSSR count). The lowest BCUT2D eigenvalue weighted by molar-refractivity contribution is 0.256. The van der Waals surface area contributed by atoms with Crippen molar-refractivity contribution < 1.29 is 9.35 Å². The zero-order valence-electron chi connectivity index (χ0n) is 17.5. The van der Waals surface area contributed by atoms with Crippen LogP contribution < -0.4 is 14.9 Å². The smallest absolute Gasteiger partial charge is 0.360 e. The standard InChI is InChI=1S/C24H29N3O2S/c1-2-27-15-19(14-18-7-3-4-12-22(18)27)30(29)26-24(28)25-23-20-10-5-8-16(20)13-17-9-6-11-21(17)23/h3-4,7,12-13,19H,2,5-6,8-11,14-15H2,1H3,(H2,25,26,28). The Morgan fingerprint density at radius 2 is 1.80 bits per heavy atom. The molecule has 2 atom stereocenters. The molecular formula is C24H29N3O2S. The number of rotatable bonds is 4. The minimum absolute atomic E-state index is 0.113. The molecule has 0 saturated heterocycles. The van der Waals surface area contributed by atoms with Crippen LogP contribution in [0, 0.1) is 0 Å². The number of urea groups is 1. The fraction of sp³-hybridized carbons (Fsp3) is 0.458. The normalized spacial score (nSPS) is 20.3. The van der Waals surface area contributed by atoms with Crippen LogP contribution >= 0.6 is 0 Å². The lowest BCUT2D eigenvalue weighted by Gasteiger charge is -2.35. The number of carbonyl (C=O) groups excluding carboxylic acids is 1. The van der Waals surface area contributed by atoms with E-state index < -0.39 is 11.4 Å². The molecular weight excluding hydrogens is 394 g/mol. The topological polar surface area (TPSA) is 67.4 Å². The molecule has 2 N–H and O–H groups in total. The number of fused-ring (bicyclic) bond motifs is 3. The van der Waals surface area contributed by atoms with Crippen molar-refractivity contribution in [3.05, 3.63) is 58.1 Å². The lowest BCUT2D eigenvalue weighted by Crippen LogP contribution is -2.49. The van der Waals surface area contributed by atoms with Crippen molar-refractivity contribution in [2.75, 3.05) is 23.3 Å². The number of anilines is 2. The number of hydrogen-bond acceptors (Lipinski definition) is 3. The van der Waals surface area contributed by atoms with Gasteiger partial charge in [0.05, 0.1) is 17.9 Å². The van der Waals surface area contributed by atoms with Crippen LogP contribution in [0.1, 0.15) is 47.6 Å². The second-order valence-electron chi connectivity index (χ2n) is 8.58. The van der Waals surface area contributed by atoms with Gasteiger partial charge in [-0.3, -0.25) is 0 Å². The van der Waals surface area contributed by atoms with E-state index in [0.717, 1.165) is 57.2 Å². The minimum Gasteiger partial charge on any atom is -0.593 e. The molecule has 0 fully saturated rings. The molecule has 3 aliphatic rings. The second-order valence-corrected chi connectivity index (χ2v) is 10.0. The Hall–Kier alpha value is -2.18. The summed E-state index contributed by atoms with van der Waals surface area (Å²) in [5, 5.41) is 2.99. The molecule has 0 radical (unpaired) electrons. The molecule has 2 aliphatic carbocycles. The van der Waals surface area contributed by atoms with E-state index in [1.807, 2.05) is 12.1 Å². The SMILES string of the molecule is CCN1CC([S+]([O-])NC(=O)Nc2c3c(cc4c2CCC4)CCC3)Cc2ccccc21. The molecule has 6 heteroatoms. The van der Waals surface area contributed by atoms with Crippen molar-refractivity contribution in [3.63, 3.8) is 0 Å². The van der Waals surface area contributed by atoms with Gasteiger partial charge >= 0.3 is 6.03 Å². The van der Waals surface area contributed by atoms with Crippen LogP contribution in [0.4, 0.5) is 16.2 Å². The van der Waals surface area contributed by atoms with Gasteiger partial charge in [-0.2, -0.15) is 4.72 Å². The molecule has 1 aliphatic heterocycles. The first kappa shape index (κ1) is 19.8. The highest BCUT2D eigenvalue weighted by Gasteiger charge is 2.33. The van der Waals surface area contributed by atoms with Gasteiger partial charge in [-0.25, -0.2) is 4.79 Å². The third kappa shape index (κ3) is 3.56. The molecule has 30 heavy (non-hydrogen) atoms. The molecule has 2 unspecified atom stereocenters. The highest BCUT2D eigenvalue weighted by molar-refractivity contribution is 7.90. The van der Waals surface area contributed by atoms with Crippen molar-refractivity contribution in [2.24, 2.45) is 0 Å². The Kier molecular flexibility index (Phi) is 5.37. The molecule has 0 aromatic heterocycles. The molecule has 5 nitrogen and oxygen atoms in total. The van der Waals surface area contributed by atoms with Crippen LogP contribution in [0.15, 0.2) is 30.3 Å². The largest absolute Gasteiger partial charge is 0.593 e. The first-order valence-electron chi connectivity index (χ1n) is 11.1. The summed E-state index contributed by atoms with van der Waals surface area (Å²) in [6.45, 7) is 3.66. The second kappa shape index (κ2) is 8.16. The summed E-state index contributed by atoms with van der Waals surface area (Å²) in [7, 11) is 0. The van der Waals surface area contributed by atoms with E-state index in [1.165, 1.54) is 33.5 Å². The third-order valence-corrected chi connectivity index (χ3v) is 8.10. The number of benzene rings is 2. The van der Waals surface area contributed by atoms with E-state index in [0.29, 0.717) is 6.54 Å². The van der Waals surface area contributed by atoms with E-state index >= 15 is 0 Å². The molecule has 1 heterocycles. The van der Waals surface area contributed by atoms with Crippen LogP contribution in [-0.4, -0.2) is 28.9 Å². The van der Waals surface area contributed by atoms with E-state index in [9.17, 15) is 9.35 Å². The van der Waals surface area contributed by atoms with Gasteiger partial charge in [0.2, 0.25) is 0 Å². The van der Waals surface area contributed by atoms with E-state index in [1.54, 1.807) is 0 Å². The molecule has 2 amide bonds. The molecule has 0 bridgehead atoms. The van der Waals surface area contributed by atoms with Crippen molar-refractivity contribution in [1.29, 1.82) is 0 Å². The summed E-state index contributed by atoms with van der Waals surface area (Å²) in [5.74, 6) is 0. The van der Waals surface area contributed by atoms with Crippen molar-refractivity contribution in [3.8, 4) is 0 Å². The minimum atomic E-state index is -1.44. The number of aryl methyl sites for hydroxylation is 2. The maximum absolute atomic E-state index is 13.1. The fourth-order valence-electron chi connectivity index (χ4n) is 5.37. The molecule has 158 valence electrons. The maximum Gasteiger partial charge on any atom is 0.360 e. The van der Waals surface area contributed by atoms with Crippen LogP contribution in [0.3, 0.4) is 0 Å². The van der Waals surface area contributed by atoms with E-state index in [-0.39, 0.29) is 11.3 Å². The first-order valence-corrected chi connectivity index (χ1v) is 12.3. The first-order chi connectivity index (χ1) is 14.6. The summed E-state index contributed by atoms with van der Waals surface area (Å²) >= 11 is -1.44. The Morgan fingerprint density at radius 3 is 2.50 bits per heavy atom. The van der Waals surface area contributed by atoms with Crippen LogP contribution in [0.25, 0.3) is 0 Å². The summed E-state index contributed by atoms with van der Waals surface area (Å²) in [4.78, 5) is 15.1. The Balaban J connectivity index is 1.30. The van der Waals surface area contributed by atoms with Crippen molar-refractivity contribution in [2.45, 2.75) is 57.1 Å². The molecule has 0 spiro atoms. The third-order valence-electron chi connectivity index (χ3n) is 6.79. The van der Waals surface area contributed by atoms with Gasteiger partial charge < -0.3 is 14.8 Å². The highest BCUT2D eigenvalue weighted by atomic mass is 32.2. The highest BCUT2D eigenvalue weighted by Crippen LogP contribution is 2.38.